The third-order valence-corrected chi connectivity index (χ3v) is 5.11. The number of hydrogen-bond donors (Lipinski definition) is 1. The Bertz CT molecular complexity index is 532. The Kier molecular flexibility index (Phi) is 4.56. The third kappa shape index (κ3) is 3.98. The molecule has 3 nitrogen and oxygen atoms in total. The van der Waals surface area contributed by atoms with Gasteiger partial charge >= 0.3 is 6.36 Å². The van der Waals surface area contributed by atoms with Crippen LogP contribution in [0.1, 0.15) is 37.7 Å². The Morgan fingerprint density at radius 2 is 1.87 bits per heavy atom. The van der Waals surface area contributed by atoms with E-state index >= 15 is 0 Å². The van der Waals surface area contributed by atoms with Crippen LogP contribution in [0.15, 0.2) is 24.3 Å². The van der Waals surface area contributed by atoms with E-state index in [1.54, 1.807) is 12.1 Å². The van der Waals surface area contributed by atoms with Crippen molar-refractivity contribution in [1.82, 2.24) is 4.90 Å². The average Bonchev–Trinajstić information content (AvgIpc) is 2.80. The molecule has 23 heavy (non-hydrogen) atoms. The van der Waals surface area contributed by atoms with E-state index in [-0.39, 0.29) is 17.3 Å². The van der Waals surface area contributed by atoms with E-state index < -0.39 is 6.36 Å². The van der Waals surface area contributed by atoms with Crippen molar-refractivity contribution in [3.63, 3.8) is 0 Å². The smallest absolute Gasteiger partial charge is 0.406 e. The van der Waals surface area contributed by atoms with Crippen LogP contribution in [0.25, 0.3) is 0 Å². The van der Waals surface area contributed by atoms with Crippen molar-refractivity contribution < 1.29 is 23.0 Å². The zero-order valence-corrected chi connectivity index (χ0v) is 13.0. The minimum atomic E-state index is -4.65. The number of aliphatic hydroxyl groups is 1. The summed E-state index contributed by atoms with van der Waals surface area (Å²) in [6.45, 7) is 2.53. The fourth-order valence-electron chi connectivity index (χ4n) is 4.04. The fourth-order valence-corrected chi connectivity index (χ4v) is 4.04. The van der Waals surface area contributed by atoms with Crippen molar-refractivity contribution in [1.29, 1.82) is 0 Å². The van der Waals surface area contributed by atoms with Gasteiger partial charge < -0.3 is 9.84 Å². The van der Waals surface area contributed by atoms with Crippen LogP contribution < -0.4 is 4.74 Å². The molecule has 0 amide bonds. The van der Waals surface area contributed by atoms with E-state index in [4.69, 9.17) is 0 Å². The normalized spacial score (nSPS) is 29.1. The van der Waals surface area contributed by atoms with E-state index in [2.05, 4.69) is 9.64 Å². The fraction of sp³-hybridized carbons (Fsp3) is 0.647. The monoisotopic (exact) mass is 329 g/mol. The summed E-state index contributed by atoms with van der Waals surface area (Å²) in [6, 6.07) is 6.06. The van der Waals surface area contributed by atoms with E-state index in [1.807, 2.05) is 0 Å². The molecule has 2 atom stereocenters. The first-order chi connectivity index (χ1) is 10.9. The van der Waals surface area contributed by atoms with Gasteiger partial charge in [-0.1, -0.05) is 18.6 Å². The summed E-state index contributed by atoms with van der Waals surface area (Å²) in [4.78, 5) is 2.30. The Labute approximate surface area is 134 Å². The number of hydrogen-bond acceptors (Lipinski definition) is 3. The van der Waals surface area contributed by atoms with Gasteiger partial charge in [0.1, 0.15) is 5.75 Å². The standard InChI is InChI=1S/C17H22F3NO2/c18-17(19,20)23-14-6-4-13(5-7-14)11-21-10-2-9-16(12-21)8-1-3-15(16)22/h4-7,15,22H,1-3,8-12H2/t15-,16+/m1/s1. The van der Waals surface area contributed by atoms with Crippen molar-refractivity contribution in [3.05, 3.63) is 29.8 Å². The second kappa shape index (κ2) is 6.32. The number of benzene rings is 1. The van der Waals surface area contributed by atoms with Gasteiger partial charge in [-0.25, -0.2) is 0 Å². The molecule has 1 spiro atoms. The van der Waals surface area contributed by atoms with Crippen LogP contribution in [0, 0.1) is 5.41 Å². The highest BCUT2D eigenvalue weighted by molar-refractivity contribution is 5.27. The van der Waals surface area contributed by atoms with E-state index in [9.17, 15) is 18.3 Å². The van der Waals surface area contributed by atoms with Crippen LogP contribution in [0.4, 0.5) is 13.2 Å². The van der Waals surface area contributed by atoms with Crippen molar-refractivity contribution in [3.8, 4) is 5.75 Å². The van der Waals surface area contributed by atoms with Crippen LogP contribution in [0.3, 0.4) is 0 Å². The molecule has 1 aliphatic carbocycles. The van der Waals surface area contributed by atoms with Crippen LogP contribution in [-0.4, -0.2) is 35.6 Å². The molecule has 3 rings (SSSR count). The van der Waals surface area contributed by atoms with Gasteiger partial charge in [0.2, 0.25) is 0 Å². The van der Waals surface area contributed by atoms with Crippen LogP contribution in [-0.2, 0) is 6.54 Å². The number of likely N-dealkylation sites (tertiary alicyclic amines) is 1. The first-order valence-corrected chi connectivity index (χ1v) is 8.11. The van der Waals surface area contributed by atoms with Gasteiger partial charge in [-0.3, -0.25) is 4.90 Å². The van der Waals surface area contributed by atoms with Crippen molar-refractivity contribution in [2.75, 3.05) is 13.1 Å². The lowest BCUT2D eigenvalue weighted by Gasteiger charge is -2.42. The lowest BCUT2D eigenvalue weighted by atomic mass is 9.76. The molecule has 2 fully saturated rings. The Morgan fingerprint density at radius 3 is 2.48 bits per heavy atom. The summed E-state index contributed by atoms with van der Waals surface area (Å²) in [6.07, 6.45) is 0.306. The van der Waals surface area contributed by atoms with Crippen LogP contribution in [0.5, 0.6) is 5.75 Å². The number of aliphatic hydroxyl groups excluding tert-OH is 1. The van der Waals surface area contributed by atoms with Gasteiger partial charge in [-0.15, -0.1) is 13.2 Å². The molecule has 0 aromatic heterocycles. The molecule has 1 saturated heterocycles. The first kappa shape index (κ1) is 16.6. The highest BCUT2D eigenvalue weighted by Crippen LogP contribution is 2.45. The first-order valence-electron chi connectivity index (χ1n) is 8.11. The molecule has 0 unspecified atom stereocenters. The summed E-state index contributed by atoms with van der Waals surface area (Å²) in [5.74, 6) is -0.192. The molecule has 1 heterocycles. The largest absolute Gasteiger partial charge is 0.573 e. The molecule has 1 aromatic carbocycles. The van der Waals surface area contributed by atoms with E-state index in [0.717, 1.165) is 50.8 Å². The molecule has 1 aliphatic heterocycles. The summed E-state index contributed by atoms with van der Waals surface area (Å²) < 4.78 is 40.4. The lowest BCUT2D eigenvalue weighted by molar-refractivity contribution is -0.274. The van der Waals surface area contributed by atoms with Crippen LogP contribution >= 0.6 is 0 Å². The zero-order valence-electron chi connectivity index (χ0n) is 13.0. The molecule has 1 aromatic rings. The lowest BCUT2D eigenvalue weighted by Crippen LogP contribution is -2.46. The summed E-state index contributed by atoms with van der Waals surface area (Å²) in [7, 11) is 0. The molecule has 1 N–H and O–H groups in total. The number of alkyl halides is 3. The summed E-state index contributed by atoms with van der Waals surface area (Å²) in [5, 5.41) is 10.3. The predicted octanol–water partition coefficient (Wildman–Crippen LogP) is 3.71. The Balaban J connectivity index is 1.61. The van der Waals surface area contributed by atoms with E-state index in [0.29, 0.717) is 6.54 Å². The molecule has 1 saturated carbocycles. The maximum absolute atomic E-state index is 12.2. The second-order valence-corrected chi connectivity index (χ2v) is 6.78. The van der Waals surface area contributed by atoms with Crippen molar-refractivity contribution in [2.45, 2.75) is 51.1 Å². The highest BCUT2D eigenvalue weighted by atomic mass is 19.4. The Hall–Kier alpha value is -1.27. The molecule has 0 bridgehead atoms. The average molecular weight is 329 g/mol. The molecular weight excluding hydrogens is 307 g/mol. The van der Waals surface area contributed by atoms with Crippen LogP contribution in [0.2, 0.25) is 0 Å². The van der Waals surface area contributed by atoms with Crippen molar-refractivity contribution >= 4 is 0 Å². The van der Waals surface area contributed by atoms with Gasteiger partial charge in [0.15, 0.2) is 0 Å². The third-order valence-electron chi connectivity index (χ3n) is 5.11. The van der Waals surface area contributed by atoms with Gasteiger partial charge in [0.05, 0.1) is 6.10 Å². The van der Waals surface area contributed by atoms with Crippen molar-refractivity contribution in [2.24, 2.45) is 5.41 Å². The van der Waals surface area contributed by atoms with Gasteiger partial charge in [0.25, 0.3) is 0 Å². The maximum Gasteiger partial charge on any atom is 0.573 e. The van der Waals surface area contributed by atoms with E-state index in [1.165, 1.54) is 12.1 Å². The second-order valence-electron chi connectivity index (χ2n) is 6.78. The Morgan fingerprint density at radius 1 is 1.17 bits per heavy atom. The molecule has 0 radical (unpaired) electrons. The molecule has 6 heteroatoms. The molecule has 2 aliphatic rings. The highest BCUT2D eigenvalue weighted by Gasteiger charge is 2.44. The van der Waals surface area contributed by atoms with Gasteiger partial charge in [0, 0.05) is 18.5 Å². The SMILES string of the molecule is O[C@@H]1CCC[C@@]12CCCN(Cc1ccc(OC(F)(F)F)cc1)C2. The van der Waals surface area contributed by atoms with Gasteiger partial charge in [-0.05, 0) is 49.9 Å². The quantitative estimate of drug-likeness (QED) is 0.917. The topological polar surface area (TPSA) is 32.7 Å². The predicted molar refractivity (Wildman–Crippen MR) is 79.9 cm³/mol. The minimum absolute atomic E-state index is 0.0254. The molecule has 128 valence electrons. The summed E-state index contributed by atoms with van der Waals surface area (Å²) in [5.41, 5.74) is 0.987. The molecular formula is C17H22F3NO2. The number of rotatable bonds is 3. The van der Waals surface area contributed by atoms with Gasteiger partial charge in [-0.2, -0.15) is 0 Å². The maximum atomic E-state index is 12.2. The number of piperidine rings is 1. The number of nitrogens with zero attached hydrogens (tertiary/aromatic N) is 1. The summed E-state index contributed by atoms with van der Waals surface area (Å²) >= 11 is 0. The number of halogens is 3. The number of ether oxygens (including phenoxy) is 1. The zero-order chi connectivity index (χ0) is 16.5. The minimum Gasteiger partial charge on any atom is -0.406 e.